The molecule has 2 aliphatic rings. The van der Waals surface area contributed by atoms with Crippen molar-refractivity contribution in [3.63, 3.8) is 0 Å². The molecule has 3 N–H and O–H groups in total. The van der Waals surface area contributed by atoms with Gasteiger partial charge in [0.2, 0.25) is 5.78 Å². The number of ketones is 2. The number of aromatic carboxylic acids is 1. The summed E-state index contributed by atoms with van der Waals surface area (Å²) in [5, 5.41) is 30.1. The minimum Gasteiger partial charge on any atom is -0.507 e. The minimum atomic E-state index is -1.03. The first kappa shape index (κ1) is 22.1. The number of carbonyl (C=O) groups excluding carboxylic acids is 3. The zero-order valence-electron chi connectivity index (χ0n) is 18.4. The second-order valence-electron chi connectivity index (χ2n) is 8.38. The lowest BCUT2D eigenvalue weighted by Gasteiger charge is -2.36. The lowest BCUT2D eigenvalue weighted by molar-refractivity contribution is 0.0692. The average Bonchev–Trinajstić information content (AvgIpc) is 2.86. The SMILES string of the molecule is O=C(O)c1ccccc1N1CCN(C(=O)c2cc(O)c3c(c2)C(=O)c2cccc(O)c2C3=O)CC1. The number of aromatic hydroxyl groups is 2. The average molecular weight is 472 g/mol. The molecule has 0 spiro atoms. The Morgan fingerprint density at radius 2 is 1.43 bits per heavy atom. The van der Waals surface area contributed by atoms with Crippen LogP contribution in [0.3, 0.4) is 0 Å². The van der Waals surface area contributed by atoms with E-state index in [1.165, 1.54) is 30.3 Å². The number of anilines is 1. The van der Waals surface area contributed by atoms with Crippen molar-refractivity contribution in [2.75, 3.05) is 31.1 Å². The molecule has 0 bridgehead atoms. The first-order valence-corrected chi connectivity index (χ1v) is 10.9. The normalized spacial score (nSPS) is 15.0. The second kappa shape index (κ2) is 8.28. The fourth-order valence-electron chi connectivity index (χ4n) is 4.67. The molecule has 0 unspecified atom stereocenters. The Morgan fingerprint density at radius 3 is 2.14 bits per heavy atom. The fourth-order valence-corrected chi connectivity index (χ4v) is 4.67. The highest BCUT2D eigenvalue weighted by Gasteiger charge is 2.35. The zero-order chi connectivity index (χ0) is 24.9. The number of carbonyl (C=O) groups is 4. The summed E-state index contributed by atoms with van der Waals surface area (Å²) in [6.07, 6.45) is 0. The van der Waals surface area contributed by atoms with Crippen LogP contribution in [0.5, 0.6) is 11.5 Å². The number of nitrogens with zero attached hydrogens (tertiary/aromatic N) is 2. The summed E-state index contributed by atoms with van der Waals surface area (Å²) in [4.78, 5) is 54.1. The van der Waals surface area contributed by atoms with Gasteiger partial charge in [-0.05, 0) is 30.3 Å². The zero-order valence-corrected chi connectivity index (χ0v) is 18.4. The lowest BCUT2D eigenvalue weighted by Crippen LogP contribution is -2.49. The van der Waals surface area contributed by atoms with E-state index in [0.29, 0.717) is 31.9 Å². The van der Waals surface area contributed by atoms with Crippen LogP contribution < -0.4 is 4.90 Å². The number of para-hydroxylation sites is 1. The van der Waals surface area contributed by atoms with Crippen LogP contribution in [0.1, 0.15) is 52.6 Å². The molecule has 3 aromatic carbocycles. The van der Waals surface area contributed by atoms with Gasteiger partial charge in [-0.1, -0.05) is 24.3 Å². The minimum absolute atomic E-state index is 0.0113. The van der Waals surface area contributed by atoms with Gasteiger partial charge in [0, 0.05) is 42.9 Å². The molecule has 1 saturated heterocycles. The topological polar surface area (TPSA) is 135 Å². The van der Waals surface area contributed by atoms with Gasteiger partial charge in [0.25, 0.3) is 5.91 Å². The summed E-state index contributed by atoms with van der Waals surface area (Å²) in [6, 6.07) is 13.3. The third kappa shape index (κ3) is 3.57. The molecule has 0 radical (unpaired) electrons. The van der Waals surface area contributed by atoms with E-state index in [1.807, 2.05) is 4.90 Å². The van der Waals surface area contributed by atoms with Gasteiger partial charge < -0.3 is 25.1 Å². The maximum Gasteiger partial charge on any atom is 0.337 e. The molecule has 176 valence electrons. The summed E-state index contributed by atoms with van der Waals surface area (Å²) >= 11 is 0. The number of hydrogen-bond acceptors (Lipinski definition) is 7. The summed E-state index contributed by atoms with van der Waals surface area (Å²) in [5.41, 5.74) is 0.326. The second-order valence-corrected chi connectivity index (χ2v) is 8.38. The van der Waals surface area contributed by atoms with Gasteiger partial charge >= 0.3 is 5.97 Å². The molecule has 1 aliphatic carbocycles. The molecule has 1 fully saturated rings. The van der Waals surface area contributed by atoms with Crippen LogP contribution in [-0.2, 0) is 0 Å². The molecule has 9 nitrogen and oxygen atoms in total. The number of benzene rings is 3. The highest BCUT2D eigenvalue weighted by atomic mass is 16.4. The number of carboxylic acids is 1. The molecule has 9 heteroatoms. The van der Waals surface area contributed by atoms with Crippen LogP contribution in [0.25, 0.3) is 0 Å². The van der Waals surface area contributed by atoms with Gasteiger partial charge in [0.05, 0.1) is 22.4 Å². The summed E-state index contributed by atoms with van der Waals surface area (Å²) < 4.78 is 0. The number of fused-ring (bicyclic) bond motifs is 2. The van der Waals surface area contributed by atoms with E-state index in [4.69, 9.17) is 0 Å². The summed E-state index contributed by atoms with van der Waals surface area (Å²) in [5.74, 6) is -3.56. The van der Waals surface area contributed by atoms with Crippen LogP contribution in [0.2, 0.25) is 0 Å². The molecule has 1 heterocycles. The predicted molar refractivity (Wildman–Crippen MR) is 125 cm³/mol. The largest absolute Gasteiger partial charge is 0.507 e. The molecule has 0 atom stereocenters. The van der Waals surface area contributed by atoms with Gasteiger partial charge in [-0.25, -0.2) is 4.79 Å². The number of hydrogen-bond donors (Lipinski definition) is 3. The Morgan fingerprint density at radius 1 is 0.743 bits per heavy atom. The van der Waals surface area contributed by atoms with Crippen LogP contribution >= 0.6 is 0 Å². The molecular formula is C26H20N2O7. The highest BCUT2D eigenvalue weighted by Crippen LogP contribution is 2.37. The van der Waals surface area contributed by atoms with Crippen molar-refractivity contribution < 1.29 is 34.5 Å². The highest BCUT2D eigenvalue weighted by molar-refractivity contribution is 6.30. The van der Waals surface area contributed by atoms with Crippen molar-refractivity contribution in [1.82, 2.24) is 4.90 Å². The van der Waals surface area contributed by atoms with Gasteiger partial charge in [0.15, 0.2) is 5.78 Å². The Balaban J connectivity index is 1.40. The summed E-state index contributed by atoms with van der Waals surface area (Å²) in [7, 11) is 0. The number of amides is 1. The Hall–Kier alpha value is -4.66. The molecule has 35 heavy (non-hydrogen) atoms. The number of carboxylic acid groups (broad SMARTS) is 1. The van der Waals surface area contributed by atoms with E-state index >= 15 is 0 Å². The van der Waals surface area contributed by atoms with E-state index in [2.05, 4.69) is 0 Å². The molecule has 0 aromatic heterocycles. The Kier molecular flexibility index (Phi) is 5.24. The molecular weight excluding hydrogens is 452 g/mol. The van der Waals surface area contributed by atoms with E-state index in [0.717, 1.165) is 6.07 Å². The van der Waals surface area contributed by atoms with Crippen molar-refractivity contribution in [1.29, 1.82) is 0 Å². The van der Waals surface area contributed by atoms with E-state index in [9.17, 15) is 34.5 Å². The number of phenols is 2. The Bertz CT molecular complexity index is 1420. The number of phenolic OH excluding ortho intramolecular Hbond substituents is 2. The quantitative estimate of drug-likeness (QED) is 0.414. The van der Waals surface area contributed by atoms with Crippen molar-refractivity contribution in [3.05, 3.63) is 88.0 Å². The third-order valence-corrected chi connectivity index (χ3v) is 6.39. The van der Waals surface area contributed by atoms with Crippen LogP contribution in [0, 0.1) is 0 Å². The van der Waals surface area contributed by atoms with Crippen molar-refractivity contribution >= 4 is 29.1 Å². The van der Waals surface area contributed by atoms with E-state index in [1.54, 1.807) is 23.1 Å². The molecule has 5 rings (SSSR count). The summed E-state index contributed by atoms with van der Waals surface area (Å²) in [6.45, 7) is 1.40. The van der Waals surface area contributed by atoms with Crippen molar-refractivity contribution in [3.8, 4) is 11.5 Å². The smallest absolute Gasteiger partial charge is 0.337 e. The number of piperazine rings is 1. The molecule has 0 saturated carbocycles. The molecule has 1 amide bonds. The maximum atomic E-state index is 13.2. The molecule has 3 aromatic rings. The maximum absolute atomic E-state index is 13.2. The van der Waals surface area contributed by atoms with Crippen LogP contribution in [0.15, 0.2) is 54.6 Å². The van der Waals surface area contributed by atoms with E-state index < -0.39 is 29.2 Å². The fraction of sp³-hybridized carbons (Fsp3) is 0.154. The van der Waals surface area contributed by atoms with Gasteiger partial charge in [-0.3, -0.25) is 14.4 Å². The first-order valence-electron chi connectivity index (χ1n) is 10.9. The standard InChI is InChI=1S/C26H20N2O7/c29-19-7-3-5-16-21(19)24(32)22-17(23(16)31)12-14(13-20(22)30)25(33)28-10-8-27(9-11-28)18-6-2-1-4-15(18)26(34)35/h1-7,12-13,29-30H,8-11H2,(H,34,35). The predicted octanol–water partition coefficient (Wildman–Crippen LogP) is 2.53. The first-order chi connectivity index (χ1) is 16.8. The van der Waals surface area contributed by atoms with Gasteiger partial charge in [0.1, 0.15) is 11.5 Å². The van der Waals surface area contributed by atoms with Gasteiger partial charge in [-0.15, -0.1) is 0 Å². The Labute approximate surface area is 199 Å². The van der Waals surface area contributed by atoms with Crippen molar-refractivity contribution in [2.45, 2.75) is 0 Å². The van der Waals surface area contributed by atoms with Crippen molar-refractivity contribution in [2.24, 2.45) is 0 Å². The monoisotopic (exact) mass is 472 g/mol. The van der Waals surface area contributed by atoms with Gasteiger partial charge in [-0.2, -0.15) is 0 Å². The van der Waals surface area contributed by atoms with E-state index in [-0.39, 0.29) is 39.1 Å². The van der Waals surface area contributed by atoms with Crippen LogP contribution in [0.4, 0.5) is 5.69 Å². The number of rotatable bonds is 3. The third-order valence-electron chi connectivity index (χ3n) is 6.39. The molecule has 1 aliphatic heterocycles. The van der Waals surface area contributed by atoms with Crippen LogP contribution in [-0.4, -0.2) is 69.8 Å². The lowest BCUT2D eigenvalue weighted by atomic mass is 9.82.